The molecule has 11 nitrogen and oxygen atoms in total. The highest BCUT2D eigenvalue weighted by molar-refractivity contribution is 5.90. The highest BCUT2D eigenvalue weighted by Crippen LogP contribution is 2.84. The summed E-state index contributed by atoms with van der Waals surface area (Å²) in [5.74, 6) is -4.13. The highest BCUT2D eigenvalue weighted by Gasteiger charge is 2.97. The van der Waals surface area contributed by atoms with Crippen LogP contribution in [0, 0.1) is 34.0 Å². The van der Waals surface area contributed by atoms with Crippen LogP contribution in [0.25, 0.3) is 11.1 Å². The molecule has 0 bridgehead atoms. The van der Waals surface area contributed by atoms with Crippen molar-refractivity contribution in [2.75, 3.05) is 14.2 Å². The number of hydrogen-bond donors (Lipinski definition) is 0. The fraction of sp³-hybridized carbons (Fsp3) is 0.568. The largest absolute Gasteiger partial charge is 0.469 e. The minimum Gasteiger partial charge on any atom is -0.469 e. The van der Waals surface area contributed by atoms with Gasteiger partial charge in [0.15, 0.2) is 11.9 Å². The van der Waals surface area contributed by atoms with E-state index in [1.807, 2.05) is 63.2 Å². The van der Waals surface area contributed by atoms with E-state index in [0.717, 1.165) is 11.1 Å². The third kappa shape index (κ3) is 4.04. The van der Waals surface area contributed by atoms with Gasteiger partial charge in [-0.1, -0.05) is 70.2 Å². The van der Waals surface area contributed by atoms with Gasteiger partial charge in [-0.05, 0) is 41.5 Å². The first-order valence-electron chi connectivity index (χ1n) is 16.5. The minimum absolute atomic E-state index is 0.317. The van der Waals surface area contributed by atoms with E-state index < -0.39 is 94.4 Å². The van der Waals surface area contributed by atoms with Crippen molar-refractivity contribution >= 4 is 23.9 Å². The average molecular weight is 663 g/mol. The molecular formula is C37H42O11. The topological polar surface area (TPSA) is 133 Å². The number of carbonyl (C=O) groups is 4. The lowest BCUT2D eigenvalue weighted by Crippen LogP contribution is -2.60. The first kappa shape index (κ1) is 32.7. The molecule has 0 aromatic heterocycles. The summed E-state index contributed by atoms with van der Waals surface area (Å²) in [6, 6.07) is 16.9. The minimum atomic E-state index is -1.62. The van der Waals surface area contributed by atoms with Gasteiger partial charge in [-0.15, -0.1) is 0 Å². The van der Waals surface area contributed by atoms with Gasteiger partial charge in [-0.2, -0.15) is 0 Å². The Kier molecular flexibility index (Phi) is 7.58. The zero-order valence-electron chi connectivity index (χ0n) is 28.2. The van der Waals surface area contributed by atoms with Crippen molar-refractivity contribution in [3.63, 3.8) is 0 Å². The van der Waals surface area contributed by atoms with Gasteiger partial charge >= 0.3 is 23.9 Å². The lowest BCUT2D eigenvalue weighted by molar-refractivity contribution is -0.238. The van der Waals surface area contributed by atoms with Gasteiger partial charge in [-0.25, -0.2) is 9.59 Å². The Hall–Kier alpha value is -3.80. The molecule has 0 radical (unpaired) electrons. The molecule has 2 aromatic rings. The number of rotatable bonds is 7. The van der Waals surface area contributed by atoms with Crippen LogP contribution in [0.5, 0.6) is 0 Å². The van der Waals surface area contributed by atoms with E-state index in [9.17, 15) is 19.2 Å². The quantitative estimate of drug-likeness (QED) is 0.302. The summed E-state index contributed by atoms with van der Waals surface area (Å²) in [7, 11) is 2.81. The van der Waals surface area contributed by atoms with Crippen LogP contribution in [-0.2, 0) is 47.5 Å². The van der Waals surface area contributed by atoms with Crippen LogP contribution >= 0.6 is 0 Å². The molecule has 2 aliphatic carbocycles. The monoisotopic (exact) mass is 662 g/mol. The molecule has 7 rings (SSSR count). The molecule has 5 aliphatic rings. The van der Waals surface area contributed by atoms with Gasteiger partial charge in [0.1, 0.15) is 18.3 Å². The summed E-state index contributed by atoms with van der Waals surface area (Å²) in [5.41, 5.74) is -2.26. The van der Waals surface area contributed by atoms with Crippen molar-refractivity contribution in [1.82, 2.24) is 0 Å². The van der Waals surface area contributed by atoms with Crippen molar-refractivity contribution in [2.24, 2.45) is 34.0 Å². The number of ether oxygens (including phenoxy) is 7. The summed E-state index contributed by atoms with van der Waals surface area (Å²) < 4.78 is 43.2. The van der Waals surface area contributed by atoms with Crippen LogP contribution in [0.3, 0.4) is 0 Å². The molecule has 3 saturated heterocycles. The normalized spacial score (nSPS) is 38.1. The van der Waals surface area contributed by atoms with Gasteiger partial charge in [-0.3, -0.25) is 9.59 Å². The summed E-state index contributed by atoms with van der Waals surface area (Å²) in [6.45, 7) is 9.09. The van der Waals surface area contributed by atoms with E-state index in [4.69, 9.17) is 33.2 Å². The predicted octanol–water partition coefficient (Wildman–Crippen LogP) is 4.70. The lowest BCUT2D eigenvalue weighted by Gasteiger charge is -2.48. The van der Waals surface area contributed by atoms with E-state index >= 15 is 0 Å². The zero-order valence-corrected chi connectivity index (χ0v) is 28.2. The lowest BCUT2D eigenvalue weighted by atomic mass is 9.51. The van der Waals surface area contributed by atoms with E-state index in [-0.39, 0.29) is 0 Å². The molecule has 0 N–H and O–H groups in total. The van der Waals surface area contributed by atoms with Crippen molar-refractivity contribution < 1.29 is 52.3 Å². The molecule has 5 fully saturated rings. The van der Waals surface area contributed by atoms with E-state index in [0.29, 0.717) is 18.4 Å². The number of carbonyl (C=O) groups excluding carboxylic acids is 4. The number of esters is 4. The molecule has 2 unspecified atom stereocenters. The van der Waals surface area contributed by atoms with Gasteiger partial charge in [0.05, 0.1) is 29.4 Å². The zero-order chi connectivity index (χ0) is 34.4. The molecule has 0 amide bonds. The summed E-state index contributed by atoms with van der Waals surface area (Å²) >= 11 is 0. The third-order valence-corrected chi connectivity index (χ3v) is 11.7. The molecule has 11 atom stereocenters. The van der Waals surface area contributed by atoms with Crippen molar-refractivity contribution in [3.05, 3.63) is 60.2 Å². The molecule has 2 aromatic carbocycles. The van der Waals surface area contributed by atoms with Gasteiger partial charge in [0.2, 0.25) is 6.29 Å². The van der Waals surface area contributed by atoms with Crippen molar-refractivity contribution in [2.45, 2.75) is 84.0 Å². The first-order valence-corrected chi connectivity index (χ1v) is 16.5. The van der Waals surface area contributed by atoms with Crippen LogP contribution < -0.4 is 0 Å². The molecular weight excluding hydrogens is 620 g/mol. The van der Waals surface area contributed by atoms with E-state index in [1.165, 1.54) is 21.1 Å². The van der Waals surface area contributed by atoms with Gasteiger partial charge < -0.3 is 33.2 Å². The fourth-order valence-electron chi connectivity index (χ4n) is 10.4. The summed E-state index contributed by atoms with van der Waals surface area (Å²) in [5, 5.41) is 0. The second-order valence-corrected chi connectivity index (χ2v) is 14.8. The van der Waals surface area contributed by atoms with E-state index in [2.05, 4.69) is 0 Å². The van der Waals surface area contributed by atoms with Crippen LogP contribution in [0.15, 0.2) is 54.6 Å². The molecule has 2 spiro atoms. The Morgan fingerprint density at radius 3 is 2.23 bits per heavy atom. The van der Waals surface area contributed by atoms with Gasteiger partial charge in [0, 0.05) is 25.9 Å². The Balaban J connectivity index is 1.32. The molecule has 2 saturated carbocycles. The average Bonchev–Trinajstić information content (AvgIpc) is 3.75. The number of hydrogen-bond acceptors (Lipinski definition) is 11. The summed E-state index contributed by atoms with van der Waals surface area (Å²) in [4.78, 5) is 53.5. The highest BCUT2D eigenvalue weighted by atomic mass is 16.8. The predicted molar refractivity (Wildman–Crippen MR) is 168 cm³/mol. The Morgan fingerprint density at radius 2 is 1.62 bits per heavy atom. The van der Waals surface area contributed by atoms with E-state index in [1.54, 1.807) is 19.1 Å². The maximum atomic E-state index is 14.2. The maximum Gasteiger partial charge on any atom is 0.340 e. The molecule has 3 heterocycles. The second-order valence-electron chi connectivity index (χ2n) is 14.8. The third-order valence-electron chi connectivity index (χ3n) is 11.7. The Bertz CT molecular complexity index is 1630. The van der Waals surface area contributed by atoms with Crippen LogP contribution in [-0.4, -0.2) is 74.6 Å². The first-order chi connectivity index (χ1) is 22.8. The van der Waals surface area contributed by atoms with Crippen molar-refractivity contribution in [3.8, 4) is 11.1 Å². The second kappa shape index (κ2) is 11.1. The van der Waals surface area contributed by atoms with Crippen LogP contribution in [0.4, 0.5) is 0 Å². The van der Waals surface area contributed by atoms with Crippen LogP contribution in [0.2, 0.25) is 0 Å². The Labute approximate surface area is 279 Å². The summed E-state index contributed by atoms with van der Waals surface area (Å²) in [6.07, 6.45) is -4.27. The van der Waals surface area contributed by atoms with Crippen LogP contribution in [0.1, 0.15) is 57.8 Å². The SMILES string of the molecule is COC(=O)C(C)[C@H]1CC[C@]23C4OC(=O)[C@]12O[C@@H]1O[C@@H](OC(=O)c2ccc(-c5ccccc5)cc2)[C@H](OC)[C@@]13[C@H](C(C)(C)C)[C@H]4OC(C)=O. The molecule has 11 heteroatoms. The Morgan fingerprint density at radius 1 is 0.958 bits per heavy atom. The van der Waals surface area contributed by atoms with Gasteiger partial charge in [0.25, 0.3) is 0 Å². The van der Waals surface area contributed by atoms with Crippen molar-refractivity contribution in [1.29, 1.82) is 0 Å². The number of benzene rings is 2. The standard InChI is InChI=1S/C37H42O11/c1-19(29(39)43-7)24-17-18-35-27-25(44-20(2)38)26(34(3,4)5)36(35)28(42-6)31(47-33(36)48-37(24,35)32(41)45-27)46-30(40)23-15-13-22(14-16-23)21-11-9-8-10-12-21/h8-16,19,24-28,31,33H,17-18H2,1-7H3/t19?,24-,25-,26+,27?,28+,31-,33+,35-,36+,37-/m1/s1. The fourth-order valence-corrected chi connectivity index (χ4v) is 10.4. The molecule has 48 heavy (non-hydrogen) atoms. The molecule has 256 valence electrons. The molecule has 3 aliphatic heterocycles. The number of methoxy groups -OCH3 is 2. The smallest absolute Gasteiger partial charge is 0.340 e. The maximum absolute atomic E-state index is 14.2.